The largest absolute Gasteiger partial charge is 0.490 e. The maximum Gasteiger partial charge on any atom is 0.490 e. The number of halogens is 6. The Bertz CT molecular complexity index is 1100. The third-order valence-electron chi connectivity index (χ3n) is 5.21. The van der Waals surface area contributed by atoms with Crippen LogP contribution in [-0.2, 0) is 38.8 Å². The molecule has 0 saturated heterocycles. The monoisotopic (exact) mass is 601 g/mol. The SMILES string of the molecule is COCC(=O)NCCC1CN(Cc2cccnc2OC)Cc2ccnn2C1.O=C(O)C(F)(F)F.O=C(O)C(F)(F)F. The van der Waals surface area contributed by atoms with Crippen LogP contribution >= 0.6 is 0 Å². The van der Waals surface area contributed by atoms with Gasteiger partial charge in [-0.15, -0.1) is 0 Å². The third-order valence-corrected chi connectivity index (χ3v) is 5.21. The molecule has 230 valence electrons. The van der Waals surface area contributed by atoms with E-state index < -0.39 is 24.3 Å². The van der Waals surface area contributed by atoms with Gasteiger partial charge in [0.2, 0.25) is 11.8 Å². The van der Waals surface area contributed by atoms with Crippen LogP contribution in [0.3, 0.4) is 0 Å². The fraction of sp³-hybridized carbons (Fsp3) is 0.522. The number of alkyl halides is 6. The van der Waals surface area contributed by atoms with Crippen LogP contribution in [0, 0.1) is 5.92 Å². The molecule has 1 aliphatic rings. The van der Waals surface area contributed by atoms with Crippen LogP contribution in [0.2, 0.25) is 0 Å². The van der Waals surface area contributed by atoms with Gasteiger partial charge in [-0.3, -0.25) is 14.4 Å². The number of ether oxygens (including phenoxy) is 2. The summed E-state index contributed by atoms with van der Waals surface area (Å²) in [4.78, 5) is 36.1. The molecule has 0 fully saturated rings. The topological polar surface area (TPSA) is 156 Å². The molecule has 0 saturated carbocycles. The van der Waals surface area contributed by atoms with E-state index in [1.54, 1.807) is 13.3 Å². The molecule has 3 rings (SSSR count). The van der Waals surface area contributed by atoms with Gasteiger partial charge in [0.15, 0.2) is 0 Å². The number of carbonyl (C=O) groups is 3. The summed E-state index contributed by atoms with van der Waals surface area (Å²) in [6, 6.07) is 6.05. The Hall–Kier alpha value is -3.93. The van der Waals surface area contributed by atoms with Gasteiger partial charge in [-0.25, -0.2) is 14.6 Å². The van der Waals surface area contributed by atoms with E-state index in [9.17, 15) is 31.1 Å². The van der Waals surface area contributed by atoms with Crippen molar-refractivity contribution in [3.8, 4) is 5.88 Å². The number of aromatic nitrogens is 3. The summed E-state index contributed by atoms with van der Waals surface area (Å²) in [5.41, 5.74) is 2.27. The van der Waals surface area contributed by atoms with Gasteiger partial charge >= 0.3 is 24.3 Å². The molecular formula is C23H29F6N5O7. The van der Waals surface area contributed by atoms with E-state index in [4.69, 9.17) is 29.3 Å². The summed E-state index contributed by atoms with van der Waals surface area (Å²) in [6.07, 6.45) is -5.69. The van der Waals surface area contributed by atoms with Crippen LogP contribution in [0.1, 0.15) is 17.7 Å². The van der Waals surface area contributed by atoms with E-state index in [1.807, 2.05) is 18.3 Å². The van der Waals surface area contributed by atoms with Gasteiger partial charge in [0.05, 0.1) is 12.8 Å². The van der Waals surface area contributed by atoms with Gasteiger partial charge in [-0.2, -0.15) is 31.4 Å². The molecule has 3 heterocycles. The third kappa shape index (κ3) is 13.3. The zero-order chi connectivity index (χ0) is 31.2. The van der Waals surface area contributed by atoms with Crippen LogP contribution < -0.4 is 10.1 Å². The van der Waals surface area contributed by atoms with Gasteiger partial charge < -0.3 is 25.0 Å². The molecule has 1 atom stereocenters. The molecule has 18 heteroatoms. The van der Waals surface area contributed by atoms with Crippen molar-refractivity contribution in [3.63, 3.8) is 0 Å². The standard InChI is InChI=1S/C19H27N5O3.2C2HF3O2/c1-26-14-18(25)20-8-5-15-10-23(13-17-6-9-22-24(17)11-15)12-16-4-3-7-21-19(16)27-2;2*3-2(4,5)1(6)7/h3-4,6-7,9,15H,5,8,10-14H2,1-2H3,(H,20,25);2*(H,6,7). The van der Waals surface area contributed by atoms with E-state index in [1.165, 1.54) is 12.8 Å². The van der Waals surface area contributed by atoms with Crippen LogP contribution in [0.4, 0.5) is 26.3 Å². The molecule has 0 aromatic carbocycles. The van der Waals surface area contributed by atoms with Gasteiger partial charge in [0, 0.05) is 57.8 Å². The highest BCUT2D eigenvalue weighted by Crippen LogP contribution is 2.23. The second-order valence-electron chi connectivity index (χ2n) is 8.39. The average molecular weight is 602 g/mol. The van der Waals surface area contributed by atoms with Crippen molar-refractivity contribution in [2.24, 2.45) is 5.92 Å². The minimum atomic E-state index is -5.08. The molecule has 0 aliphatic carbocycles. The number of carbonyl (C=O) groups excluding carboxylic acids is 1. The first kappa shape index (κ1) is 35.1. The Morgan fingerprint density at radius 1 is 1.02 bits per heavy atom. The molecular weight excluding hydrogens is 572 g/mol. The minimum absolute atomic E-state index is 0.0807. The first-order chi connectivity index (χ1) is 19.1. The fourth-order valence-corrected chi connectivity index (χ4v) is 3.49. The van der Waals surface area contributed by atoms with Crippen LogP contribution in [-0.4, -0.2) is 94.0 Å². The van der Waals surface area contributed by atoms with Crippen molar-refractivity contribution in [1.82, 2.24) is 25.0 Å². The van der Waals surface area contributed by atoms with Crippen molar-refractivity contribution in [3.05, 3.63) is 41.9 Å². The number of carboxylic acids is 2. The van der Waals surface area contributed by atoms with Crippen molar-refractivity contribution in [2.45, 2.75) is 38.4 Å². The van der Waals surface area contributed by atoms with Crippen molar-refractivity contribution in [1.29, 1.82) is 0 Å². The molecule has 1 amide bonds. The first-order valence-electron chi connectivity index (χ1n) is 11.6. The quantitative estimate of drug-likeness (QED) is 0.384. The lowest BCUT2D eigenvalue weighted by Crippen LogP contribution is -2.32. The number of fused-ring (bicyclic) bond motifs is 1. The van der Waals surface area contributed by atoms with Crippen molar-refractivity contribution < 1.29 is 60.4 Å². The number of hydrogen-bond acceptors (Lipinski definition) is 8. The summed E-state index contributed by atoms with van der Waals surface area (Å²) in [7, 11) is 3.17. The number of aliphatic carboxylic acids is 2. The average Bonchev–Trinajstić information content (AvgIpc) is 3.23. The van der Waals surface area contributed by atoms with E-state index >= 15 is 0 Å². The number of carboxylic acid groups (broad SMARTS) is 2. The molecule has 3 N–H and O–H groups in total. The number of methoxy groups -OCH3 is 2. The zero-order valence-electron chi connectivity index (χ0n) is 21.9. The molecule has 0 bridgehead atoms. The highest BCUT2D eigenvalue weighted by Gasteiger charge is 2.38. The Kier molecular flexibility index (Phi) is 14.0. The summed E-state index contributed by atoms with van der Waals surface area (Å²) in [5, 5.41) is 21.6. The fourth-order valence-electron chi connectivity index (χ4n) is 3.49. The van der Waals surface area contributed by atoms with E-state index in [0.29, 0.717) is 18.3 Å². The van der Waals surface area contributed by atoms with Gasteiger partial charge in [-0.05, 0) is 24.5 Å². The predicted molar refractivity (Wildman–Crippen MR) is 128 cm³/mol. The highest BCUT2D eigenvalue weighted by molar-refractivity contribution is 5.77. The van der Waals surface area contributed by atoms with E-state index in [-0.39, 0.29) is 12.5 Å². The summed E-state index contributed by atoms with van der Waals surface area (Å²) < 4.78 is 75.8. The van der Waals surface area contributed by atoms with Crippen LogP contribution in [0.15, 0.2) is 30.6 Å². The second-order valence-corrected chi connectivity index (χ2v) is 8.39. The predicted octanol–water partition coefficient (Wildman–Crippen LogP) is 2.34. The first-order valence-corrected chi connectivity index (χ1v) is 11.6. The van der Waals surface area contributed by atoms with Gasteiger partial charge in [-0.1, -0.05) is 6.07 Å². The number of amides is 1. The maximum absolute atomic E-state index is 11.6. The maximum atomic E-state index is 11.6. The number of nitrogens with one attached hydrogen (secondary N) is 1. The zero-order valence-corrected chi connectivity index (χ0v) is 21.9. The van der Waals surface area contributed by atoms with Gasteiger partial charge in [0.25, 0.3) is 0 Å². The number of hydrogen-bond donors (Lipinski definition) is 3. The van der Waals surface area contributed by atoms with Gasteiger partial charge in [0.1, 0.15) is 6.61 Å². The molecule has 1 unspecified atom stereocenters. The Labute approximate surface area is 229 Å². The van der Waals surface area contributed by atoms with Crippen molar-refractivity contribution in [2.75, 3.05) is 33.9 Å². The van der Waals surface area contributed by atoms with E-state index in [2.05, 4.69) is 31.0 Å². The molecule has 0 radical (unpaired) electrons. The lowest BCUT2D eigenvalue weighted by molar-refractivity contribution is -0.193. The minimum Gasteiger partial charge on any atom is -0.481 e. The molecule has 1 aliphatic heterocycles. The lowest BCUT2D eigenvalue weighted by Gasteiger charge is -2.24. The smallest absolute Gasteiger partial charge is 0.481 e. The van der Waals surface area contributed by atoms with E-state index in [0.717, 1.165) is 38.2 Å². The normalized spacial score (nSPS) is 15.2. The Balaban J connectivity index is 0.000000497. The highest BCUT2D eigenvalue weighted by atomic mass is 19.4. The Morgan fingerprint density at radius 3 is 2.17 bits per heavy atom. The molecule has 41 heavy (non-hydrogen) atoms. The number of nitrogens with zero attached hydrogens (tertiary/aromatic N) is 4. The number of pyridine rings is 1. The molecule has 2 aromatic rings. The Morgan fingerprint density at radius 2 is 1.63 bits per heavy atom. The number of rotatable bonds is 8. The van der Waals surface area contributed by atoms with Crippen LogP contribution in [0.25, 0.3) is 0 Å². The molecule has 2 aromatic heterocycles. The lowest BCUT2D eigenvalue weighted by atomic mass is 10.0. The summed E-state index contributed by atoms with van der Waals surface area (Å²) in [6.45, 7) is 4.08. The second kappa shape index (κ2) is 16.4. The van der Waals surface area contributed by atoms with Crippen LogP contribution in [0.5, 0.6) is 5.88 Å². The van der Waals surface area contributed by atoms with Crippen molar-refractivity contribution >= 4 is 17.8 Å². The summed E-state index contributed by atoms with van der Waals surface area (Å²) in [5.74, 6) is -4.54. The molecule has 12 nitrogen and oxygen atoms in total. The summed E-state index contributed by atoms with van der Waals surface area (Å²) >= 11 is 0. The molecule has 0 spiro atoms.